The van der Waals surface area contributed by atoms with Gasteiger partial charge in [-0.2, -0.15) is 36.4 Å². The van der Waals surface area contributed by atoms with Crippen LogP contribution in [0, 0.1) is 0 Å². The summed E-state index contributed by atoms with van der Waals surface area (Å²) in [5, 5.41) is 6.48. The molecule has 4 rings (SSSR count). The molecule has 3 aromatic heterocycles. The number of nitrogens with one attached hydrogen (secondary N) is 1. The highest BCUT2D eigenvalue weighted by molar-refractivity contribution is 6.76. The number of hydrogen-bond acceptors (Lipinski definition) is 10. The number of pyridine rings is 1. The van der Waals surface area contributed by atoms with E-state index in [2.05, 4.69) is 45.0 Å². The maximum absolute atomic E-state index is 13.9. The van der Waals surface area contributed by atoms with Gasteiger partial charge in [0.15, 0.2) is 0 Å². The Kier molecular flexibility index (Phi) is 10.8. The van der Waals surface area contributed by atoms with E-state index in [1.807, 2.05) is 0 Å². The lowest BCUT2D eigenvalue weighted by Gasteiger charge is -2.33. The van der Waals surface area contributed by atoms with Crippen LogP contribution < -0.4 is 25.4 Å². The molecule has 1 atom stereocenters. The van der Waals surface area contributed by atoms with Gasteiger partial charge in [0.05, 0.1) is 23.5 Å². The zero-order valence-electron chi connectivity index (χ0n) is 26.0. The number of alkyl halides is 6. The van der Waals surface area contributed by atoms with E-state index in [0.717, 1.165) is 12.2 Å². The fourth-order valence-corrected chi connectivity index (χ4v) is 5.12. The van der Waals surface area contributed by atoms with Crippen LogP contribution in [0.3, 0.4) is 0 Å². The number of carbonyl (C=O) groups excluding carboxylic acids is 1. The molecule has 3 aromatic rings. The number of rotatable bonds is 12. The molecule has 1 saturated heterocycles. The van der Waals surface area contributed by atoms with E-state index in [1.54, 1.807) is 19.1 Å². The summed E-state index contributed by atoms with van der Waals surface area (Å²) in [5.41, 5.74) is -4.27. The maximum atomic E-state index is 13.9. The third kappa shape index (κ3) is 9.63. The maximum Gasteiger partial charge on any atom is 0.423 e. The number of halogens is 6. The topological polar surface area (TPSA) is 128 Å². The molecule has 1 fully saturated rings. The molecule has 0 radical (unpaired) electrons. The Bertz CT molecular complexity index is 1600. The van der Waals surface area contributed by atoms with Gasteiger partial charge in [-0.3, -0.25) is 14.5 Å². The Morgan fingerprint density at radius 1 is 1.00 bits per heavy atom. The van der Waals surface area contributed by atoms with Gasteiger partial charge in [0, 0.05) is 46.2 Å². The average Bonchev–Trinajstić information content (AvgIpc) is 2.98. The molecular weight excluding hydrogens is 654 g/mol. The van der Waals surface area contributed by atoms with E-state index >= 15 is 0 Å². The van der Waals surface area contributed by atoms with Crippen molar-refractivity contribution in [2.45, 2.75) is 57.7 Å². The fraction of sp³-hybridized carbons (Fsp3) is 0.500. The van der Waals surface area contributed by atoms with Crippen molar-refractivity contribution in [1.29, 1.82) is 0 Å². The molecule has 12 nitrogen and oxygen atoms in total. The highest BCUT2D eigenvalue weighted by atomic mass is 28.3. The van der Waals surface area contributed by atoms with Crippen LogP contribution in [-0.4, -0.2) is 77.6 Å². The molecule has 1 N–H and O–H groups in total. The van der Waals surface area contributed by atoms with E-state index in [0.29, 0.717) is 23.7 Å². The van der Waals surface area contributed by atoms with E-state index in [4.69, 9.17) is 9.47 Å². The quantitative estimate of drug-likeness (QED) is 0.165. The molecule has 0 aromatic carbocycles. The lowest BCUT2D eigenvalue weighted by atomic mass is 10.2. The van der Waals surface area contributed by atoms with Crippen LogP contribution in [-0.2, 0) is 28.6 Å². The minimum absolute atomic E-state index is 0.0236. The first-order chi connectivity index (χ1) is 21.9. The molecule has 4 heterocycles. The third-order valence-corrected chi connectivity index (χ3v) is 8.58. The van der Waals surface area contributed by atoms with Crippen molar-refractivity contribution in [2.75, 3.05) is 48.0 Å². The largest absolute Gasteiger partial charge is 0.475 e. The van der Waals surface area contributed by atoms with Gasteiger partial charge in [-0.25, -0.2) is 14.6 Å². The normalized spacial score (nSPS) is 15.1. The van der Waals surface area contributed by atoms with Gasteiger partial charge < -0.3 is 19.7 Å². The average molecular weight is 689 g/mol. The number of aromatic nitrogens is 5. The zero-order chi connectivity index (χ0) is 34.6. The van der Waals surface area contributed by atoms with Crippen molar-refractivity contribution in [3.63, 3.8) is 0 Å². The van der Waals surface area contributed by atoms with Gasteiger partial charge in [0.25, 0.3) is 5.56 Å². The van der Waals surface area contributed by atoms with Gasteiger partial charge in [-0.05, 0) is 19.0 Å². The molecule has 0 bridgehead atoms. The highest BCUT2D eigenvalue weighted by Crippen LogP contribution is 2.32. The monoisotopic (exact) mass is 688 g/mol. The number of nitrogens with zero attached hydrogens (tertiary/aromatic N) is 7. The summed E-state index contributed by atoms with van der Waals surface area (Å²) < 4.78 is 91.9. The van der Waals surface area contributed by atoms with Crippen LogP contribution in [0.2, 0.25) is 25.7 Å². The molecular formula is C28H34F6N8O4Si. The van der Waals surface area contributed by atoms with Crippen LogP contribution in [0.25, 0.3) is 0 Å². The van der Waals surface area contributed by atoms with Gasteiger partial charge >= 0.3 is 12.4 Å². The first-order valence-electron chi connectivity index (χ1n) is 14.5. The second kappa shape index (κ2) is 14.2. The number of hydrogen-bond donors (Lipinski definition) is 1. The summed E-state index contributed by atoms with van der Waals surface area (Å²) in [4.78, 5) is 40.2. The smallest absolute Gasteiger partial charge is 0.423 e. The molecule has 1 amide bonds. The number of amides is 1. The van der Waals surface area contributed by atoms with E-state index in [9.17, 15) is 35.9 Å². The SMILES string of the molecule is CC(COc1cccc(N2CCN(c3ncc(C(F)(F)F)cn3)CC2=O)n1)Nc1cnn(COCC[Si](C)(C)C)c(=O)c1C(F)(F)F. The second-order valence-corrected chi connectivity index (χ2v) is 17.6. The van der Waals surface area contributed by atoms with Crippen LogP contribution in [0.1, 0.15) is 18.1 Å². The highest BCUT2D eigenvalue weighted by Gasteiger charge is 2.39. The Balaban J connectivity index is 1.36. The molecule has 256 valence electrons. The minimum atomic E-state index is -4.96. The second-order valence-electron chi connectivity index (χ2n) is 12.0. The Labute approximate surface area is 266 Å². The standard InChI is InChI=1S/C28H34F6N8O4Si/c1-18(38-20-14-37-42(17-45-10-11-47(2,3)4)25(44)24(20)28(32,33)34)16-46-22-7-5-6-21(39-22)41-9-8-40(15-23(41)43)26-35-12-19(13-36-26)27(29,30)31/h5-7,12-14,18,38H,8-11,15-17H2,1-4H3. The lowest BCUT2D eigenvalue weighted by Crippen LogP contribution is -2.51. The minimum Gasteiger partial charge on any atom is -0.475 e. The predicted molar refractivity (Wildman–Crippen MR) is 162 cm³/mol. The lowest BCUT2D eigenvalue weighted by molar-refractivity contribution is -0.139. The first-order valence-corrected chi connectivity index (χ1v) is 18.2. The Morgan fingerprint density at radius 3 is 2.32 bits per heavy atom. The fourth-order valence-electron chi connectivity index (χ4n) is 4.36. The van der Waals surface area contributed by atoms with Crippen LogP contribution in [0.15, 0.2) is 41.6 Å². The molecule has 1 aliphatic rings. The third-order valence-electron chi connectivity index (χ3n) is 6.87. The van der Waals surface area contributed by atoms with Crippen LogP contribution >= 0.6 is 0 Å². The van der Waals surface area contributed by atoms with Crippen molar-refractivity contribution < 1.29 is 40.6 Å². The van der Waals surface area contributed by atoms with E-state index < -0.39 is 61.5 Å². The first kappa shape index (κ1) is 35.6. The summed E-state index contributed by atoms with van der Waals surface area (Å²) in [6.45, 7) is 7.77. The molecule has 47 heavy (non-hydrogen) atoms. The summed E-state index contributed by atoms with van der Waals surface area (Å²) >= 11 is 0. The van der Waals surface area contributed by atoms with Crippen molar-refractivity contribution in [3.8, 4) is 5.88 Å². The number of piperazine rings is 1. The molecule has 0 aliphatic carbocycles. The summed E-state index contributed by atoms with van der Waals surface area (Å²) in [6, 6.07) is 4.67. The molecule has 19 heteroatoms. The predicted octanol–water partition coefficient (Wildman–Crippen LogP) is 4.51. The molecule has 1 aliphatic heterocycles. The van der Waals surface area contributed by atoms with Crippen molar-refractivity contribution >= 4 is 31.4 Å². The number of carbonyl (C=O) groups is 1. The van der Waals surface area contributed by atoms with Crippen molar-refractivity contribution in [3.05, 3.63) is 58.3 Å². The van der Waals surface area contributed by atoms with Crippen molar-refractivity contribution in [1.82, 2.24) is 24.7 Å². The van der Waals surface area contributed by atoms with E-state index in [1.165, 1.54) is 15.9 Å². The Morgan fingerprint density at radius 2 is 1.70 bits per heavy atom. The summed E-state index contributed by atoms with van der Waals surface area (Å²) in [7, 11) is -1.43. The van der Waals surface area contributed by atoms with Crippen LogP contribution in [0.4, 0.5) is 43.8 Å². The number of ether oxygens (including phenoxy) is 2. The van der Waals surface area contributed by atoms with Gasteiger partial charge in [0.1, 0.15) is 31.3 Å². The number of anilines is 3. The molecule has 1 unspecified atom stereocenters. The van der Waals surface area contributed by atoms with Gasteiger partial charge in [-0.15, -0.1) is 0 Å². The van der Waals surface area contributed by atoms with E-state index in [-0.39, 0.29) is 43.9 Å². The Hall–Kier alpha value is -4.26. The van der Waals surface area contributed by atoms with Crippen LogP contribution in [0.5, 0.6) is 5.88 Å². The van der Waals surface area contributed by atoms with Gasteiger partial charge in [-0.1, -0.05) is 25.7 Å². The zero-order valence-corrected chi connectivity index (χ0v) is 27.0. The molecule has 0 spiro atoms. The summed E-state index contributed by atoms with van der Waals surface area (Å²) in [6.07, 6.45) is -7.33. The van der Waals surface area contributed by atoms with Crippen molar-refractivity contribution in [2.24, 2.45) is 0 Å². The van der Waals surface area contributed by atoms with Gasteiger partial charge in [0.2, 0.25) is 17.7 Å². The summed E-state index contributed by atoms with van der Waals surface area (Å²) in [5.74, 6) is -0.120. The molecule has 0 saturated carbocycles.